The van der Waals surface area contributed by atoms with Crippen LogP contribution in [-0.4, -0.2) is 52.3 Å². The average molecular weight is 500 g/mol. The van der Waals surface area contributed by atoms with Crippen LogP contribution in [0.3, 0.4) is 0 Å². The van der Waals surface area contributed by atoms with Gasteiger partial charge in [-0.3, -0.25) is 8.98 Å². The third kappa shape index (κ3) is 5.95. The summed E-state index contributed by atoms with van der Waals surface area (Å²) in [6.45, 7) is 0.998. The molecule has 174 valence electrons. The lowest BCUT2D eigenvalue weighted by Gasteiger charge is -2.37. The molecule has 0 aromatic heterocycles. The van der Waals surface area contributed by atoms with Gasteiger partial charge in [-0.2, -0.15) is 8.42 Å². The van der Waals surface area contributed by atoms with E-state index in [1.54, 1.807) is 30.3 Å². The number of benzene rings is 2. The van der Waals surface area contributed by atoms with Gasteiger partial charge < -0.3 is 9.64 Å². The van der Waals surface area contributed by atoms with Gasteiger partial charge in [-0.1, -0.05) is 47.8 Å². The summed E-state index contributed by atoms with van der Waals surface area (Å²) in [6.07, 6.45) is 3.90. The van der Waals surface area contributed by atoms with Crippen molar-refractivity contribution < 1.29 is 22.1 Å². The molecule has 0 saturated carbocycles. The Morgan fingerprint density at radius 2 is 1.88 bits per heavy atom. The minimum absolute atomic E-state index is 0.00969. The first-order valence-electron chi connectivity index (χ1n) is 10.4. The highest BCUT2D eigenvalue weighted by molar-refractivity contribution is 7.85. The number of likely N-dealkylation sites (tertiary alicyclic amines) is 1. The first-order chi connectivity index (χ1) is 15.1. The Labute approximate surface area is 199 Å². The van der Waals surface area contributed by atoms with E-state index >= 15 is 0 Å². The number of methoxy groups -OCH3 is 1. The first-order valence-corrected chi connectivity index (χ1v) is 12.9. The molecular weight excluding hydrogens is 473 g/mol. The second-order valence-corrected chi connectivity index (χ2v) is 10.5. The van der Waals surface area contributed by atoms with Crippen molar-refractivity contribution in [3.63, 3.8) is 0 Å². The number of ether oxygens (including phenoxy) is 1. The van der Waals surface area contributed by atoms with E-state index in [0.29, 0.717) is 40.9 Å². The maximum atomic E-state index is 13.5. The lowest BCUT2D eigenvalue weighted by atomic mass is 9.74. The average Bonchev–Trinajstić information content (AvgIpc) is 2.98. The van der Waals surface area contributed by atoms with Crippen molar-refractivity contribution in [2.75, 3.05) is 33.1 Å². The lowest BCUT2D eigenvalue weighted by molar-refractivity contribution is 0.0712. The number of nitrogens with zero attached hydrogens (tertiary/aromatic N) is 1. The summed E-state index contributed by atoms with van der Waals surface area (Å²) in [5.41, 5.74) is 0.864. The maximum absolute atomic E-state index is 13.5. The van der Waals surface area contributed by atoms with Crippen LogP contribution in [0.5, 0.6) is 5.75 Å². The van der Waals surface area contributed by atoms with E-state index in [4.69, 9.17) is 32.1 Å². The number of hydrogen-bond acceptors (Lipinski definition) is 5. The quantitative estimate of drug-likeness (QED) is 0.504. The highest BCUT2D eigenvalue weighted by Gasteiger charge is 2.38. The van der Waals surface area contributed by atoms with Crippen LogP contribution < -0.4 is 4.74 Å². The summed E-state index contributed by atoms with van der Waals surface area (Å²) in [6, 6.07) is 12.6. The third-order valence-corrected chi connectivity index (χ3v) is 7.20. The van der Waals surface area contributed by atoms with Crippen molar-refractivity contribution in [3.05, 3.63) is 63.6 Å². The minimum Gasteiger partial charge on any atom is -0.496 e. The number of carbonyl (C=O) groups excluding carboxylic acids is 1. The standard InChI is InChI=1S/C23H27Cl2NO5S/c1-30-21-8-4-3-7-18(21)22(27)26-13-6-5-11-23(16-26,12-14-31-32(2,28)29)17-9-10-19(24)20(25)15-17/h3-4,7-10,15H,5-6,11-14,16H2,1-2H3/t23-/m1/s1. The van der Waals surface area contributed by atoms with Crippen LogP contribution in [0.1, 0.15) is 41.6 Å². The predicted octanol–water partition coefficient (Wildman–Crippen LogP) is 4.93. The SMILES string of the molecule is COc1ccccc1C(=O)N1CCCC[C@](CCOS(C)(=O)=O)(c2ccc(Cl)c(Cl)c2)C1. The van der Waals surface area contributed by atoms with Crippen LogP contribution >= 0.6 is 23.2 Å². The number of halogens is 2. The zero-order valence-electron chi connectivity index (χ0n) is 18.1. The van der Waals surface area contributed by atoms with E-state index in [1.165, 1.54) is 7.11 Å². The number of carbonyl (C=O) groups is 1. The van der Waals surface area contributed by atoms with Crippen molar-refractivity contribution in [1.29, 1.82) is 0 Å². The molecule has 0 bridgehead atoms. The van der Waals surface area contributed by atoms with Gasteiger partial charge in [0.2, 0.25) is 0 Å². The largest absolute Gasteiger partial charge is 0.496 e. The molecule has 2 aromatic rings. The molecule has 0 N–H and O–H groups in total. The minimum atomic E-state index is -3.58. The van der Waals surface area contributed by atoms with Crippen molar-refractivity contribution in [2.45, 2.75) is 31.1 Å². The van der Waals surface area contributed by atoms with Crippen molar-refractivity contribution in [3.8, 4) is 5.75 Å². The van der Waals surface area contributed by atoms with Crippen LogP contribution in [-0.2, 0) is 19.7 Å². The highest BCUT2D eigenvalue weighted by atomic mass is 35.5. The van der Waals surface area contributed by atoms with E-state index in [0.717, 1.165) is 31.1 Å². The first kappa shape index (κ1) is 24.8. The molecule has 1 fully saturated rings. The van der Waals surface area contributed by atoms with Crippen molar-refractivity contribution >= 4 is 39.2 Å². The Hall–Kier alpha value is -1.80. The van der Waals surface area contributed by atoms with Gasteiger partial charge in [0.1, 0.15) is 5.75 Å². The van der Waals surface area contributed by atoms with Crippen LogP contribution in [0.25, 0.3) is 0 Å². The summed E-state index contributed by atoms with van der Waals surface area (Å²) in [5, 5.41) is 0.855. The van der Waals surface area contributed by atoms with Crippen molar-refractivity contribution in [2.24, 2.45) is 0 Å². The summed E-state index contributed by atoms with van der Waals surface area (Å²) in [5.74, 6) is 0.389. The lowest BCUT2D eigenvalue weighted by Crippen LogP contribution is -2.43. The van der Waals surface area contributed by atoms with Gasteiger partial charge in [-0.05, 0) is 49.1 Å². The molecule has 1 aliphatic rings. The Balaban J connectivity index is 1.98. The number of amides is 1. The van der Waals surface area contributed by atoms with Crippen LogP contribution in [0, 0.1) is 0 Å². The van der Waals surface area contributed by atoms with Gasteiger partial charge >= 0.3 is 0 Å². The topological polar surface area (TPSA) is 72.9 Å². The monoisotopic (exact) mass is 499 g/mol. The molecule has 1 saturated heterocycles. The maximum Gasteiger partial charge on any atom is 0.264 e. The Bertz CT molecular complexity index is 1080. The molecule has 1 aliphatic heterocycles. The summed E-state index contributed by atoms with van der Waals surface area (Å²) >= 11 is 12.5. The molecular formula is C23H27Cl2NO5S. The highest BCUT2D eigenvalue weighted by Crippen LogP contribution is 2.40. The Morgan fingerprint density at radius 1 is 1.12 bits per heavy atom. The zero-order valence-corrected chi connectivity index (χ0v) is 20.5. The van der Waals surface area contributed by atoms with Gasteiger partial charge in [0.25, 0.3) is 16.0 Å². The van der Waals surface area contributed by atoms with Crippen LogP contribution in [0.15, 0.2) is 42.5 Å². The molecule has 0 radical (unpaired) electrons. The second kappa shape index (κ2) is 10.4. The fourth-order valence-corrected chi connectivity index (χ4v) is 4.94. The summed E-state index contributed by atoms with van der Waals surface area (Å²) < 4.78 is 33.6. The number of para-hydroxylation sites is 1. The Kier molecular flexibility index (Phi) is 8.09. The van der Waals surface area contributed by atoms with Gasteiger partial charge in [0.15, 0.2) is 0 Å². The number of rotatable bonds is 7. The molecule has 0 spiro atoms. The smallest absolute Gasteiger partial charge is 0.264 e. The van der Waals surface area contributed by atoms with Gasteiger partial charge in [0, 0.05) is 18.5 Å². The van der Waals surface area contributed by atoms with Crippen LogP contribution in [0.2, 0.25) is 10.0 Å². The normalized spacial score (nSPS) is 19.4. The predicted molar refractivity (Wildman–Crippen MR) is 126 cm³/mol. The molecule has 1 heterocycles. The van der Waals surface area contributed by atoms with Crippen LogP contribution in [0.4, 0.5) is 0 Å². The van der Waals surface area contributed by atoms with E-state index in [2.05, 4.69) is 0 Å². The van der Waals surface area contributed by atoms with E-state index in [1.807, 2.05) is 17.0 Å². The fourth-order valence-electron chi connectivity index (χ4n) is 4.25. The third-order valence-electron chi connectivity index (χ3n) is 5.86. The van der Waals surface area contributed by atoms with E-state index in [9.17, 15) is 13.2 Å². The molecule has 1 atom stereocenters. The molecule has 9 heteroatoms. The molecule has 1 amide bonds. The van der Waals surface area contributed by atoms with Gasteiger partial charge in [-0.25, -0.2) is 0 Å². The van der Waals surface area contributed by atoms with Gasteiger partial charge in [-0.15, -0.1) is 0 Å². The fraction of sp³-hybridized carbons (Fsp3) is 0.435. The second-order valence-electron chi connectivity index (χ2n) is 8.07. The van der Waals surface area contributed by atoms with Crippen molar-refractivity contribution in [1.82, 2.24) is 4.90 Å². The van der Waals surface area contributed by atoms with E-state index < -0.39 is 15.5 Å². The van der Waals surface area contributed by atoms with E-state index in [-0.39, 0.29) is 12.5 Å². The van der Waals surface area contributed by atoms with Gasteiger partial charge in [0.05, 0.1) is 35.6 Å². The number of hydrogen-bond donors (Lipinski definition) is 0. The zero-order chi connectivity index (χ0) is 23.4. The Morgan fingerprint density at radius 3 is 2.56 bits per heavy atom. The summed E-state index contributed by atoms with van der Waals surface area (Å²) in [4.78, 5) is 15.3. The molecule has 6 nitrogen and oxygen atoms in total. The molecule has 0 unspecified atom stereocenters. The molecule has 32 heavy (non-hydrogen) atoms. The molecule has 3 rings (SSSR count). The molecule has 2 aromatic carbocycles. The molecule has 0 aliphatic carbocycles. The summed E-state index contributed by atoms with van der Waals surface area (Å²) in [7, 11) is -2.05.